The predicted octanol–water partition coefficient (Wildman–Crippen LogP) is 6.66. The van der Waals surface area contributed by atoms with Crippen LogP contribution in [0.3, 0.4) is 0 Å². The summed E-state index contributed by atoms with van der Waals surface area (Å²) < 4.78 is 18.8. The molecule has 1 atom stereocenters. The lowest BCUT2D eigenvalue weighted by Gasteiger charge is -2.27. The number of ether oxygens (including phenoxy) is 3. The molecule has 0 fully saturated rings. The fraction of sp³-hybridized carbons (Fsp3) is 0.206. The normalized spacial score (nSPS) is 14.4. The molecule has 0 saturated heterocycles. The van der Waals surface area contributed by atoms with Gasteiger partial charge in [-0.15, -0.1) is 0 Å². The summed E-state index contributed by atoms with van der Waals surface area (Å²) in [5.41, 5.74) is 7.22. The minimum Gasteiger partial charge on any atom is -0.497 e. The largest absolute Gasteiger partial charge is 0.497 e. The molecule has 6 nitrogen and oxygen atoms in total. The van der Waals surface area contributed by atoms with E-state index >= 15 is 0 Å². The summed E-state index contributed by atoms with van der Waals surface area (Å²) >= 11 is 0. The molecular formula is C34H32N2O4. The minimum absolute atomic E-state index is 0.0469. The van der Waals surface area contributed by atoms with Crippen LogP contribution in [0.25, 0.3) is 22.2 Å². The summed E-state index contributed by atoms with van der Waals surface area (Å²) in [7, 11) is 7.05. The zero-order valence-electron chi connectivity index (χ0n) is 23.2. The summed E-state index contributed by atoms with van der Waals surface area (Å²) in [6.45, 7) is 0.550. The van der Waals surface area contributed by atoms with Crippen molar-refractivity contribution in [2.75, 3.05) is 27.9 Å². The average Bonchev–Trinajstić information content (AvgIpc) is 3.45. The molecule has 2 heterocycles. The number of hydrogen-bond donors (Lipinski definition) is 0. The molecule has 202 valence electrons. The Balaban J connectivity index is 1.50. The van der Waals surface area contributed by atoms with E-state index in [-0.39, 0.29) is 11.9 Å². The van der Waals surface area contributed by atoms with Gasteiger partial charge in [0.15, 0.2) is 11.5 Å². The van der Waals surface area contributed by atoms with Crippen LogP contribution in [0.4, 0.5) is 0 Å². The quantitative estimate of drug-likeness (QED) is 0.224. The van der Waals surface area contributed by atoms with Crippen LogP contribution < -0.4 is 14.2 Å². The van der Waals surface area contributed by atoms with E-state index in [0.717, 1.165) is 50.2 Å². The fourth-order valence-corrected chi connectivity index (χ4v) is 6.02. The Bertz CT molecular complexity index is 1720. The Morgan fingerprint density at radius 2 is 1.55 bits per heavy atom. The third kappa shape index (κ3) is 4.16. The molecule has 1 aliphatic heterocycles. The second-order valence-corrected chi connectivity index (χ2v) is 10.00. The van der Waals surface area contributed by atoms with Gasteiger partial charge >= 0.3 is 0 Å². The molecule has 1 aliphatic rings. The number of hydrogen-bond acceptors (Lipinski definition) is 4. The lowest BCUT2D eigenvalue weighted by Crippen LogP contribution is -2.31. The van der Waals surface area contributed by atoms with E-state index in [1.165, 1.54) is 0 Å². The third-order valence-electron chi connectivity index (χ3n) is 7.91. The number of carbonyl (C=O) groups is 1. The summed E-state index contributed by atoms with van der Waals surface area (Å²) in [6, 6.07) is 30.2. The van der Waals surface area contributed by atoms with Gasteiger partial charge in [0.2, 0.25) is 0 Å². The zero-order chi connectivity index (χ0) is 27.8. The first-order valence-corrected chi connectivity index (χ1v) is 13.4. The summed E-state index contributed by atoms with van der Waals surface area (Å²) in [4.78, 5) is 16.0. The number of fused-ring (bicyclic) bond motifs is 2. The highest BCUT2D eigenvalue weighted by molar-refractivity contribution is 6.02. The van der Waals surface area contributed by atoms with Crippen LogP contribution in [0.15, 0.2) is 91.0 Å². The number of aromatic nitrogens is 1. The van der Waals surface area contributed by atoms with Crippen molar-refractivity contribution in [2.45, 2.75) is 12.5 Å². The second kappa shape index (κ2) is 10.5. The Morgan fingerprint density at radius 3 is 2.35 bits per heavy atom. The Morgan fingerprint density at radius 1 is 0.775 bits per heavy atom. The molecular weight excluding hydrogens is 500 g/mol. The van der Waals surface area contributed by atoms with E-state index in [9.17, 15) is 4.79 Å². The van der Waals surface area contributed by atoms with Gasteiger partial charge in [-0.05, 0) is 53.9 Å². The molecule has 0 unspecified atom stereocenters. The molecule has 5 aromatic rings. The van der Waals surface area contributed by atoms with Crippen molar-refractivity contribution >= 4 is 16.8 Å². The van der Waals surface area contributed by atoms with Crippen LogP contribution in [-0.4, -0.2) is 43.2 Å². The maximum absolute atomic E-state index is 14.0. The van der Waals surface area contributed by atoms with E-state index in [4.69, 9.17) is 14.2 Å². The topological polar surface area (TPSA) is 52.9 Å². The van der Waals surface area contributed by atoms with Gasteiger partial charge in [0.25, 0.3) is 5.91 Å². The highest BCUT2D eigenvalue weighted by atomic mass is 16.5. The number of carbonyl (C=O) groups excluding carboxylic acids is 1. The van der Waals surface area contributed by atoms with E-state index in [0.29, 0.717) is 24.5 Å². The monoisotopic (exact) mass is 532 g/mol. The van der Waals surface area contributed by atoms with Gasteiger partial charge in [-0.25, -0.2) is 0 Å². The fourth-order valence-electron chi connectivity index (χ4n) is 6.02. The summed E-state index contributed by atoms with van der Waals surface area (Å²) in [5.74, 6) is 2.21. The van der Waals surface area contributed by atoms with Crippen LogP contribution in [0, 0.1) is 0 Å². The lowest BCUT2D eigenvalue weighted by atomic mass is 9.93. The molecule has 0 N–H and O–H groups in total. The van der Waals surface area contributed by atoms with Crippen LogP contribution in [0.2, 0.25) is 0 Å². The molecule has 0 aliphatic carbocycles. The van der Waals surface area contributed by atoms with Gasteiger partial charge in [-0.3, -0.25) is 4.79 Å². The highest BCUT2D eigenvalue weighted by Gasteiger charge is 2.40. The van der Waals surface area contributed by atoms with Crippen LogP contribution in [-0.2, 0) is 13.5 Å². The Kier molecular flexibility index (Phi) is 6.68. The van der Waals surface area contributed by atoms with Crippen molar-refractivity contribution < 1.29 is 19.0 Å². The van der Waals surface area contributed by atoms with Gasteiger partial charge < -0.3 is 23.7 Å². The van der Waals surface area contributed by atoms with Gasteiger partial charge in [0, 0.05) is 41.2 Å². The van der Waals surface area contributed by atoms with Crippen molar-refractivity contribution in [3.8, 4) is 28.5 Å². The molecule has 40 heavy (non-hydrogen) atoms. The molecule has 6 heteroatoms. The number of aryl methyl sites for hydroxylation is 1. The maximum Gasteiger partial charge on any atom is 0.255 e. The summed E-state index contributed by atoms with van der Waals surface area (Å²) in [5, 5.41) is 1.13. The standard InChI is InChI=1S/C34H32N2O4/c1-35-28-15-8-7-14-27(28)31(32(35)23-10-9-11-24(21-23)38-2)33-25-12-5-6-13-26(25)34(37)36(33)19-18-22-16-17-29(39-3)30(20-22)40-4/h5-17,20-21,33H,18-19H2,1-4H3/t33-/m1/s1. The molecule has 1 aromatic heterocycles. The number of methoxy groups -OCH3 is 3. The lowest BCUT2D eigenvalue weighted by molar-refractivity contribution is 0.0753. The van der Waals surface area contributed by atoms with Gasteiger partial charge in [0.05, 0.1) is 33.1 Å². The van der Waals surface area contributed by atoms with Crippen molar-refractivity contribution in [1.82, 2.24) is 9.47 Å². The number of para-hydroxylation sites is 1. The first-order valence-electron chi connectivity index (χ1n) is 13.4. The molecule has 6 rings (SSSR count). The average molecular weight is 533 g/mol. The number of benzene rings is 4. The first kappa shape index (κ1) is 25.6. The van der Waals surface area contributed by atoms with Crippen molar-refractivity contribution in [1.29, 1.82) is 0 Å². The van der Waals surface area contributed by atoms with Crippen LogP contribution >= 0.6 is 0 Å². The summed E-state index contributed by atoms with van der Waals surface area (Å²) in [6.07, 6.45) is 0.676. The zero-order valence-corrected chi connectivity index (χ0v) is 23.2. The third-order valence-corrected chi connectivity index (χ3v) is 7.91. The van der Waals surface area contributed by atoms with Crippen molar-refractivity contribution in [3.05, 3.63) is 113 Å². The smallest absolute Gasteiger partial charge is 0.255 e. The van der Waals surface area contributed by atoms with Gasteiger partial charge in [-0.2, -0.15) is 0 Å². The predicted molar refractivity (Wildman–Crippen MR) is 157 cm³/mol. The minimum atomic E-state index is -0.240. The number of rotatable bonds is 8. The molecule has 0 bridgehead atoms. The molecule has 0 saturated carbocycles. The van der Waals surface area contributed by atoms with Crippen molar-refractivity contribution in [3.63, 3.8) is 0 Å². The maximum atomic E-state index is 14.0. The van der Waals surface area contributed by atoms with Crippen molar-refractivity contribution in [2.24, 2.45) is 7.05 Å². The van der Waals surface area contributed by atoms with Crippen LogP contribution in [0.5, 0.6) is 17.2 Å². The SMILES string of the molecule is COc1cccc(-c2c([C@H]3c4ccccc4C(=O)N3CCc3ccc(OC)c(OC)c3)c3ccccc3n2C)c1. The molecule has 1 amide bonds. The number of nitrogens with zero attached hydrogens (tertiary/aromatic N) is 2. The van der Waals surface area contributed by atoms with E-state index < -0.39 is 0 Å². The van der Waals surface area contributed by atoms with Crippen LogP contribution in [0.1, 0.15) is 33.1 Å². The van der Waals surface area contributed by atoms with Gasteiger partial charge in [0.1, 0.15) is 5.75 Å². The van der Waals surface area contributed by atoms with E-state index in [1.807, 2.05) is 53.4 Å². The first-order chi connectivity index (χ1) is 19.5. The Labute approximate surface area is 234 Å². The Hall–Kier alpha value is -4.71. The molecule has 0 spiro atoms. The number of amides is 1. The molecule has 4 aromatic carbocycles. The highest BCUT2D eigenvalue weighted by Crippen LogP contribution is 2.46. The van der Waals surface area contributed by atoms with E-state index in [1.54, 1.807) is 21.3 Å². The van der Waals surface area contributed by atoms with Gasteiger partial charge in [-0.1, -0.05) is 54.6 Å². The second-order valence-electron chi connectivity index (χ2n) is 10.00. The van der Waals surface area contributed by atoms with E-state index in [2.05, 4.69) is 54.1 Å². The molecule has 0 radical (unpaired) electrons.